The Morgan fingerprint density at radius 3 is 1.86 bits per heavy atom. The standard InChI is InChI=1S/C47H33N3/c1-47(2)39-19-11-9-18-34(39)46-45(47)38-27-41-36(28-44(38)50(46)32-15-7-4-8-16-32)35-25-29(21-23-40(35)48-41)30-22-24-43-37(26-30)33-17-10-12-20-42(33)49(43)31-13-5-3-6-14-31/h3-28,48H,1-2H3. The third kappa shape index (κ3) is 3.64. The highest BCUT2D eigenvalue weighted by atomic mass is 15.0. The Morgan fingerprint density at radius 2 is 1.06 bits per heavy atom. The van der Waals surface area contributed by atoms with Gasteiger partial charge in [0.25, 0.3) is 0 Å². The van der Waals surface area contributed by atoms with E-state index in [-0.39, 0.29) is 5.41 Å². The van der Waals surface area contributed by atoms with Gasteiger partial charge >= 0.3 is 0 Å². The minimum Gasteiger partial charge on any atom is -0.354 e. The summed E-state index contributed by atoms with van der Waals surface area (Å²) in [5, 5.41) is 6.33. The molecular formula is C47H33N3. The van der Waals surface area contributed by atoms with Crippen molar-refractivity contribution in [2.24, 2.45) is 0 Å². The highest BCUT2D eigenvalue weighted by Crippen LogP contribution is 2.54. The number of hydrogen-bond acceptors (Lipinski definition) is 0. The quantitative estimate of drug-likeness (QED) is 0.199. The van der Waals surface area contributed by atoms with Gasteiger partial charge in [0.2, 0.25) is 0 Å². The van der Waals surface area contributed by atoms with Gasteiger partial charge in [-0.2, -0.15) is 0 Å². The molecule has 11 rings (SSSR count). The lowest BCUT2D eigenvalue weighted by molar-refractivity contribution is 0.666. The largest absolute Gasteiger partial charge is 0.354 e. The van der Waals surface area contributed by atoms with Crippen LogP contribution in [0.2, 0.25) is 0 Å². The van der Waals surface area contributed by atoms with Crippen LogP contribution in [0, 0.1) is 0 Å². The number of aromatic nitrogens is 3. The molecule has 1 N–H and O–H groups in total. The van der Waals surface area contributed by atoms with Gasteiger partial charge in [0.1, 0.15) is 0 Å². The van der Waals surface area contributed by atoms with Crippen LogP contribution in [0.3, 0.4) is 0 Å². The predicted molar refractivity (Wildman–Crippen MR) is 210 cm³/mol. The Kier molecular flexibility index (Phi) is 5.45. The zero-order chi connectivity index (χ0) is 33.1. The molecule has 1 aliphatic rings. The maximum Gasteiger partial charge on any atom is 0.0585 e. The molecule has 3 heterocycles. The number of fused-ring (bicyclic) bond motifs is 11. The number of hydrogen-bond donors (Lipinski definition) is 1. The Morgan fingerprint density at radius 1 is 0.440 bits per heavy atom. The van der Waals surface area contributed by atoms with E-state index in [2.05, 4.69) is 186 Å². The first-order valence-electron chi connectivity index (χ1n) is 17.4. The van der Waals surface area contributed by atoms with Crippen molar-refractivity contribution in [1.82, 2.24) is 14.1 Å². The van der Waals surface area contributed by atoms with Crippen LogP contribution < -0.4 is 0 Å². The second-order valence-electron chi connectivity index (χ2n) is 14.3. The van der Waals surface area contributed by atoms with Gasteiger partial charge in [-0.25, -0.2) is 0 Å². The summed E-state index contributed by atoms with van der Waals surface area (Å²) in [6.45, 7) is 4.75. The van der Waals surface area contributed by atoms with Gasteiger partial charge in [0, 0.05) is 60.3 Å². The van der Waals surface area contributed by atoms with Crippen molar-refractivity contribution in [2.45, 2.75) is 19.3 Å². The topological polar surface area (TPSA) is 25.6 Å². The first-order valence-corrected chi connectivity index (χ1v) is 17.4. The summed E-state index contributed by atoms with van der Waals surface area (Å²) < 4.78 is 4.87. The molecule has 0 spiro atoms. The van der Waals surface area contributed by atoms with Crippen LogP contribution in [0.4, 0.5) is 0 Å². The Hall–Kier alpha value is -6.32. The Balaban J connectivity index is 1.14. The van der Waals surface area contributed by atoms with Crippen LogP contribution in [0.5, 0.6) is 0 Å². The van der Waals surface area contributed by atoms with Crippen LogP contribution in [-0.2, 0) is 5.41 Å². The van der Waals surface area contributed by atoms with Crippen LogP contribution in [0.1, 0.15) is 25.0 Å². The molecule has 0 unspecified atom stereocenters. The number of aromatic amines is 1. The molecule has 0 saturated carbocycles. The number of para-hydroxylation sites is 3. The number of rotatable bonds is 3. The molecule has 0 radical (unpaired) electrons. The molecule has 0 atom stereocenters. The number of nitrogens with one attached hydrogen (secondary N) is 1. The van der Waals surface area contributed by atoms with E-state index in [1.54, 1.807) is 0 Å². The average Bonchev–Trinajstić information content (AvgIpc) is 3.86. The van der Waals surface area contributed by atoms with E-state index >= 15 is 0 Å². The fourth-order valence-electron chi connectivity index (χ4n) is 8.97. The van der Waals surface area contributed by atoms with Crippen molar-refractivity contribution in [3.63, 3.8) is 0 Å². The first-order chi connectivity index (χ1) is 24.6. The summed E-state index contributed by atoms with van der Waals surface area (Å²) in [5.41, 5.74) is 16.1. The molecule has 3 aromatic heterocycles. The minimum atomic E-state index is -0.112. The maximum absolute atomic E-state index is 3.80. The molecule has 0 fully saturated rings. The molecule has 10 aromatic rings. The average molecular weight is 640 g/mol. The fraction of sp³-hybridized carbons (Fsp3) is 0.0638. The fourth-order valence-corrected chi connectivity index (χ4v) is 8.97. The molecular weight excluding hydrogens is 607 g/mol. The molecule has 0 amide bonds. The Bertz CT molecular complexity index is 2990. The summed E-state index contributed by atoms with van der Waals surface area (Å²) >= 11 is 0. The van der Waals surface area contributed by atoms with Crippen molar-refractivity contribution in [2.75, 3.05) is 0 Å². The Labute approximate surface area is 289 Å². The van der Waals surface area contributed by atoms with Gasteiger partial charge in [-0.1, -0.05) is 105 Å². The van der Waals surface area contributed by atoms with E-state index in [9.17, 15) is 0 Å². The van der Waals surface area contributed by atoms with E-state index in [1.165, 1.54) is 93.9 Å². The van der Waals surface area contributed by atoms with Gasteiger partial charge in [0.15, 0.2) is 0 Å². The van der Waals surface area contributed by atoms with Crippen molar-refractivity contribution in [3.8, 4) is 33.8 Å². The van der Waals surface area contributed by atoms with Crippen molar-refractivity contribution >= 4 is 54.5 Å². The van der Waals surface area contributed by atoms with Crippen LogP contribution in [0.15, 0.2) is 158 Å². The van der Waals surface area contributed by atoms with Crippen LogP contribution >= 0.6 is 0 Å². The zero-order valence-electron chi connectivity index (χ0n) is 27.9. The lowest BCUT2D eigenvalue weighted by Crippen LogP contribution is -2.14. The molecule has 236 valence electrons. The number of H-pyrrole nitrogens is 1. The second-order valence-corrected chi connectivity index (χ2v) is 14.3. The number of nitrogens with zero attached hydrogens (tertiary/aromatic N) is 2. The third-order valence-corrected chi connectivity index (χ3v) is 11.2. The summed E-state index contributed by atoms with van der Waals surface area (Å²) in [7, 11) is 0. The maximum atomic E-state index is 3.80. The van der Waals surface area contributed by atoms with E-state index in [4.69, 9.17) is 0 Å². The van der Waals surface area contributed by atoms with Crippen molar-refractivity contribution in [1.29, 1.82) is 0 Å². The molecule has 1 aliphatic carbocycles. The lowest BCUT2D eigenvalue weighted by atomic mass is 9.81. The highest BCUT2D eigenvalue weighted by Gasteiger charge is 2.40. The normalized spacial score (nSPS) is 13.6. The van der Waals surface area contributed by atoms with Crippen LogP contribution in [-0.4, -0.2) is 14.1 Å². The van der Waals surface area contributed by atoms with Crippen molar-refractivity contribution in [3.05, 3.63) is 169 Å². The molecule has 0 saturated heterocycles. The van der Waals surface area contributed by atoms with Gasteiger partial charge in [0.05, 0.1) is 22.2 Å². The van der Waals surface area contributed by atoms with E-state index in [1.807, 2.05) is 0 Å². The SMILES string of the molecule is CC1(C)c2ccccc2-c2c1c1cc3[nH]c4ccc(-c5ccc6c(c5)c5ccccc5n6-c5ccccc5)cc4c3cc1n2-c1ccccc1. The zero-order valence-corrected chi connectivity index (χ0v) is 27.9. The summed E-state index contributed by atoms with van der Waals surface area (Å²) in [6, 6.07) is 57.9. The predicted octanol–water partition coefficient (Wildman–Crippen LogP) is 12.3. The van der Waals surface area contributed by atoms with Crippen molar-refractivity contribution < 1.29 is 0 Å². The molecule has 0 aliphatic heterocycles. The van der Waals surface area contributed by atoms with Gasteiger partial charge in [-0.15, -0.1) is 0 Å². The van der Waals surface area contributed by atoms with Gasteiger partial charge in [-0.3, -0.25) is 0 Å². The smallest absolute Gasteiger partial charge is 0.0585 e. The lowest BCUT2D eigenvalue weighted by Gasteiger charge is -2.21. The monoisotopic (exact) mass is 639 g/mol. The molecule has 3 heteroatoms. The summed E-state index contributed by atoms with van der Waals surface area (Å²) in [5.74, 6) is 0. The summed E-state index contributed by atoms with van der Waals surface area (Å²) in [6.07, 6.45) is 0. The summed E-state index contributed by atoms with van der Waals surface area (Å²) in [4.78, 5) is 3.80. The van der Waals surface area contributed by atoms with E-state index < -0.39 is 0 Å². The number of benzene rings is 7. The van der Waals surface area contributed by atoms with E-state index in [0.29, 0.717) is 0 Å². The second kappa shape index (κ2) is 9.87. The van der Waals surface area contributed by atoms with Gasteiger partial charge < -0.3 is 14.1 Å². The highest BCUT2D eigenvalue weighted by molar-refractivity contribution is 6.15. The third-order valence-electron chi connectivity index (χ3n) is 11.2. The van der Waals surface area contributed by atoms with Gasteiger partial charge in [-0.05, 0) is 89.0 Å². The molecule has 50 heavy (non-hydrogen) atoms. The molecule has 0 bridgehead atoms. The first kappa shape index (κ1) is 27.6. The molecule has 3 nitrogen and oxygen atoms in total. The molecule has 7 aromatic carbocycles. The minimum absolute atomic E-state index is 0.112. The van der Waals surface area contributed by atoms with E-state index in [0.717, 1.165) is 5.52 Å². The van der Waals surface area contributed by atoms with Crippen LogP contribution in [0.25, 0.3) is 88.3 Å².